The first-order valence-corrected chi connectivity index (χ1v) is 11.1. The Balaban J connectivity index is 1.50. The maximum atomic E-state index is 12.8. The number of carbonyl (C=O) groups is 3. The van der Waals surface area contributed by atoms with E-state index in [-0.39, 0.29) is 36.6 Å². The van der Waals surface area contributed by atoms with Gasteiger partial charge in [-0.25, -0.2) is 4.79 Å². The molecule has 0 unspecified atom stereocenters. The number of rotatable bonds is 10. The molecule has 0 saturated carbocycles. The van der Waals surface area contributed by atoms with Crippen LogP contribution in [0.4, 0.5) is 10.5 Å². The number of alkyl carbamates (subject to hydrolysis) is 1. The maximum Gasteiger partial charge on any atom is 0.408 e. The second kappa shape index (κ2) is 12.2. The molecule has 0 saturated heterocycles. The molecule has 0 aliphatic heterocycles. The van der Waals surface area contributed by atoms with E-state index < -0.39 is 12.1 Å². The van der Waals surface area contributed by atoms with Crippen molar-refractivity contribution in [3.63, 3.8) is 0 Å². The van der Waals surface area contributed by atoms with E-state index >= 15 is 0 Å². The highest BCUT2D eigenvalue weighted by molar-refractivity contribution is 6.02. The molecule has 8 heteroatoms. The summed E-state index contributed by atoms with van der Waals surface area (Å²) in [7, 11) is 0. The first-order valence-electron chi connectivity index (χ1n) is 11.1. The summed E-state index contributed by atoms with van der Waals surface area (Å²) in [5.74, 6) is -0.487. The number of amides is 3. The molecule has 0 radical (unpaired) electrons. The number of benzene rings is 2. The normalized spacial score (nSPS) is 12.3. The molecule has 3 N–H and O–H groups in total. The number of ether oxygens (including phenoxy) is 1. The van der Waals surface area contributed by atoms with Gasteiger partial charge in [-0.3, -0.25) is 9.59 Å². The third kappa shape index (κ3) is 7.23. The molecule has 0 aliphatic rings. The van der Waals surface area contributed by atoms with Crippen molar-refractivity contribution in [1.29, 1.82) is 0 Å². The second-order valence-corrected chi connectivity index (χ2v) is 7.92. The van der Waals surface area contributed by atoms with Crippen molar-refractivity contribution in [2.24, 2.45) is 5.92 Å². The minimum absolute atomic E-state index is 0.0801. The first kappa shape index (κ1) is 24.6. The summed E-state index contributed by atoms with van der Waals surface area (Å²) in [5, 5.41) is 8.29. The van der Waals surface area contributed by atoms with Crippen molar-refractivity contribution in [3.05, 3.63) is 89.9 Å². The number of hydrogen-bond donors (Lipinski definition) is 3. The van der Waals surface area contributed by atoms with E-state index in [9.17, 15) is 14.4 Å². The Kier molecular flexibility index (Phi) is 8.85. The Morgan fingerprint density at radius 2 is 1.68 bits per heavy atom. The van der Waals surface area contributed by atoms with Gasteiger partial charge in [0, 0.05) is 12.2 Å². The molecule has 178 valence electrons. The SMILES string of the molecule is CC[C@H](C)[C@H](NC(=O)OCc1ccccc1)C(=O)NCc1ccc(NC(=O)c2ccco2)cc1. The molecule has 1 aromatic heterocycles. The Bertz CT molecular complexity index is 1070. The molecule has 0 spiro atoms. The topological polar surface area (TPSA) is 110 Å². The standard InChI is InChI=1S/C26H29N3O5/c1-3-18(2)23(29-26(32)34-17-20-8-5-4-6-9-20)25(31)27-16-19-11-13-21(14-12-19)28-24(30)22-10-7-15-33-22/h4-15,18,23H,3,16-17H2,1-2H3,(H,27,31)(H,28,30)(H,29,32)/t18-,23-/m0/s1. The number of furan rings is 1. The summed E-state index contributed by atoms with van der Waals surface area (Å²) >= 11 is 0. The van der Waals surface area contributed by atoms with Crippen molar-refractivity contribution >= 4 is 23.6 Å². The van der Waals surface area contributed by atoms with E-state index in [1.54, 1.807) is 36.4 Å². The smallest absolute Gasteiger partial charge is 0.408 e. The third-order valence-electron chi connectivity index (χ3n) is 5.41. The summed E-state index contributed by atoms with van der Waals surface area (Å²) in [6, 6.07) is 18.9. The van der Waals surface area contributed by atoms with E-state index in [0.717, 1.165) is 11.1 Å². The van der Waals surface area contributed by atoms with Crippen molar-refractivity contribution in [2.45, 2.75) is 39.5 Å². The van der Waals surface area contributed by atoms with Gasteiger partial charge in [0.05, 0.1) is 6.26 Å². The molecule has 34 heavy (non-hydrogen) atoms. The van der Waals surface area contributed by atoms with Gasteiger partial charge in [0.1, 0.15) is 12.6 Å². The lowest BCUT2D eigenvalue weighted by Crippen LogP contribution is -2.50. The summed E-state index contributed by atoms with van der Waals surface area (Å²) < 4.78 is 10.3. The molecule has 3 amide bonds. The van der Waals surface area contributed by atoms with Gasteiger partial charge in [-0.1, -0.05) is 62.7 Å². The van der Waals surface area contributed by atoms with Crippen LogP contribution in [-0.4, -0.2) is 23.9 Å². The Morgan fingerprint density at radius 3 is 2.32 bits per heavy atom. The molecule has 1 heterocycles. The van der Waals surface area contributed by atoms with E-state index in [2.05, 4.69) is 16.0 Å². The fourth-order valence-corrected chi connectivity index (χ4v) is 3.20. The van der Waals surface area contributed by atoms with Crippen LogP contribution in [0, 0.1) is 5.92 Å². The van der Waals surface area contributed by atoms with E-state index in [0.29, 0.717) is 12.1 Å². The van der Waals surface area contributed by atoms with Gasteiger partial charge in [0.25, 0.3) is 5.91 Å². The van der Waals surface area contributed by atoms with Gasteiger partial charge in [-0.05, 0) is 41.3 Å². The number of hydrogen-bond acceptors (Lipinski definition) is 5. The highest BCUT2D eigenvalue weighted by Crippen LogP contribution is 2.13. The lowest BCUT2D eigenvalue weighted by atomic mass is 9.98. The third-order valence-corrected chi connectivity index (χ3v) is 5.41. The average Bonchev–Trinajstić information content (AvgIpc) is 3.41. The zero-order valence-corrected chi connectivity index (χ0v) is 19.2. The molecule has 2 atom stereocenters. The lowest BCUT2D eigenvalue weighted by Gasteiger charge is -2.23. The second-order valence-electron chi connectivity index (χ2n) is 7.92. The van der Waals surface area contributed by atoms with Crippen LogP contribution >= 0.6 is 0 Å². The summed E-state index contributed by atoms with van der Waals surface area (Å²) in [6.45, 7) is 4.26. The fraction of sp³-hybridized carbons (Fsp3) is 0.269. The molecular weight excluding hydrogens is 434 g/mol. The molecule has 0 fully saturated rings. The van der Waals surface area contributed by atoms with Gasteiger partial charge in [0.2, 0.25) is 5.91 Å². The Morgan fingerprint density at radius 1 is 0.941 bits per heavy atom. The largest absolute Gasteiger partial charge is 0.459 e. The summed E-state index contributed by atoms with van der Waals surface area (Å²) in [4.78, 5) is 37.2. The van der Waals surface area contributed by atoms with Crippen molar-refractivity contribution in [3.8, 4) is 0 Å². The minimum Gasteiger partial charge on any atom is -0.459 e. The van der Waals surface area contributed by atoms with Crippen LogP contribution in [0.2, 0.25) is 0 Å². The van der Waals surface area contributed by atoms with Gasteiger partial charge >= 0.3 is 6.09 Å². The highest BCUT2D eigenvalue weighted by atomic mass is 16.5. The van der Waals surface area contributed by atoms with Crippen LogP contribution in [0.15, 0.2) is 77.4 Å². The average molecular weight is 464 g/mol. The van der Waals surface area contributed by atoms with E-state index in [1.165, 1.54) is 6.26 Å². The van der Waals surface area contributed by atoms with Crippen LogP contribution in [0.25, 0.3) is 0 Å². The summed E-state index contributed by atoms with van der Waals surface area (Å²) in [5.41, 5.74) is 2.32. The number of carbonyl (C=O) groups excluding carboxylic acids is 3. The fourth-order valence-electron chi connectivity index (χ4n) is 3.20. The zero-order valence-electron chi connectivity index (χ0n) is 19.2. The molecule has 0 bridgehead atoms. The molecule has 0 aliphatic carbocycles. The lowest BCUT2D eigenvalue weighted by molar-refractivity contribution is -0.124. The Hall–Kier alpha value is -4.07. The van der Waals surface area contributed by atoms with E-state index in [1.807, 2.05) is 44.2 Å². The number of nitrogens with one attached hydrogen (secondary N) is 3. The van der Waals surface area contributed by atoms with Crippen molar-refractivity contribution in [1.82, 2.24) is 10.6 Å². The molecule has 2 aromatic carbocycles. The van der Waals surface area contributed by atoms with Crippen molar-refractivity contribution < 1.29 is 23.5 Å². The molecule has 3 rings (SSSR count). The van der Waals surface area contributed by atoms with Crippen LogP contribution in [0.5, 0.6) is 0 Å². The van der Waals surface area contributed by atoms with Gasteiger partial charge in [-0.15, -0.1) is 0 Å². The van der Waals surface area contributed by atoms with Crippen molar-refractivity contribution in [2.75, 3.05) is 5.32 Å². The first-order chi connectivity index (χ1) is 16.5. The molecular formula is C26H29N3O5. The predicted molar refractivity (Wildman–Crippen MR) is 128 cm³/mol. The van der Waals surface area contributed by atoms with Crippen LogP contribution in [0.3, 0.4) is 0 Å². The monoisotopic (exact) mass is 463 g/mol. The Labute approximate surface area is 198 Å². The molecule has 3 aromatic rings. The van der Waals surface area contributed by atoms with Gasteiger partial charge in [0.15, 0.2) is 5.76 Å². The van der Waals surface area contributed by atoms with Crippen LogP contribution in [0.1, 0.15) is 41.9 Å². The van der Waals surface area contributed by atoms with Crippen LogP contribution < -0.4 is 16.0 Å². The predicted octanol–water partition coefficient (Wildman–Crippen LogP) is 4.49. The van der Waals surface area contributed by atoms with Crippen LogP contribution in [-0.2, 0) is 22.7 Å². The zero-order chi connectivity index (χ0) is 24.3. The quantitative estimate of drug-likeness (QED) is 0.410. The molecule has 8 nitrogen and oxygen atoms in total. The van der Waals surface area contributed by atoms with Gasteiger partial charge < -0.3 is 25.1 Å². The highest BCUT2D eigenvalue weighted by Gasteiger charge is 2.26. The van der Waals surface area contributed by atoms with Gasteiger partial charge in [-0.2, -0.15) is 0 Å². The maximum absolute atomic E-state index is 12.8. The minimum atomic E-state index is -0.722. The van der Waals surface area contributed by atoms with E-state index in [4.69, 9.17) is 9.15 Å². The number of anilines is 1. The summed E-state index contributed by atoms with van der Waals surface area (Å²) in [6.07, 6.45) is 1.51.